The molecule has 0 spiro atoms. The van der Waals surface area contributed by atoms with Crippen LogP contribution in [-0.4, -0.2) is 36.0 Å². The van der Waals surface area contributed by atoms with E-state index >= 15 is 0 Å². The van der Waals surface area contributed by atoms with Crippen molar-refractivity contribution in [2.24, 2.45) is 0 Å². The molecule has 21 heavy (non-hydrogen) atoms. The second kappa shape index (κ2) is 5.05. The normalized spacial score (nSPS) is 23.0. The number of alkyl halides is 1. The number of rotatable bonds is 5. The van der Waals surface area contributed by atoms with E-state index in [-0.39, 0.29) is 11.1 Å². The fourth-order valence-electron chi connectivity index (χ4n) is 2.71. The van der Waals surface area contributed by atoms with Crippen LogP contribution in [-0.2, 0) is 10.5 Å². The van der Waals surface area contributed by atoms with E-state index in [9.17, 15) is 13.6 Å². The van der Waals surface area contributed by atoms with E-state index in [0.29, 0.717) is 0 Å². The lowest BCUT2D eigenvalue weighted by Gasteiger charge is -2.35. The maximum atomic E-state index is 14.8. The van der Waals surface area contributed by atoms with E-state index in [1.54, 1.807) is 0 Å². The fraction of sp³-hybridized carbons (Fsp3) is 0.562. The molecule has 0 unspecified atom stereocenters. The third-order valence-electron chi connectivity index (χ3n) is 4.50. The molecule has 1 aliphatic carbocycles. The summed E-state index contributed by atoms with van der Waals surface area (Å²) in [5.41, 5.74) is -2.44. The lowest BCUT2D eigenvalue weighted by Crippen LogP contribution is -2.53. The number of hydrogen-bond acceptors (Lipinski definition) is 2. The summed E-state index contributed by atoms with van der Waals surface area (Å²) in [6, 6.07) is 5.18. The summed E-state index contributed by atoms with van der Waals surface area (Å²) in [6.45, 7) is 4.08. The minimum Gasteiger partial charge on any atom is -0.346 e. The molecule has 1 aromatic carbocycles. The van der Waals surface area contributed by atoms with E-state index in [2.05, 4.69) is 10.2 Å². The largest absolute Gasteiger partial charge is 0.346 e. The highest BCUT2D eigenvalue weighted by molar-refractivity contribution is 5.87. The molecule has 1 heterocycles. The summed E-state index contributed by atoms with van der Waals surface area (Å²) in [7, 11) is 0. The minimum atomic E-state index is -2.22. The van der Waals surface area contributed by atoms with Crippen LogP contribution < -0.4 is 5.32 Å². The SMILES string of the molecule is C[C@](F)(C(=O)NC1(CN2CCC2)CC1)c1cccc(F)c1. The van der Waals surface area contributed by atoms with Crippen molar-refractivity contribution in [2.45, 2.75) is 37.4 Å². The van der Waals surface area contributed by atoms with Crippen LogP contribution in [0.3, 0.4) is 0 Å². The standard InChI is InChI=1S/C16H20F2N2O/c1-15(18,12-4-2-5-13(17)10-12)14(21)19-16(6-7-16)11-20-8-3-9-20/h2,4-5,10H,3,6-9,11H2,1H3,(H,19,21)/t15-/m1/s1. The van der Waals surface area contributed by atoms with Crippen molar-refractivity contribution in [1.29, 1.82) is 0 Å². The fourth-order valence-corrected chi connectivity index (χ4v) is 2.71. The van der Waals surface area contributed by atoms with Gasteiger partial charge in [-0.1, -0.05) is 12.1 Å². The molecule has 1 amide bonds. The number of carbonyl (C=O) groups excluding carboxylic acids is 1. The molecule has 1 atom stereocenters. The van der Waals surface area contributed by atoms with Crippen molar-refractivity contribution in [2.75, 3.05) is 19.6 Å². The molecule has 0 aromatic heterocycles. The van der Waals surface area contributed by atoms with Gasteiger partial charge in [-0.3, -0.25) is 4.79 Å². The Labute approximate surface area is 123 Å². The average Bonchev–Trinajstić information content (AvgIpc) is 3.14. The van der Waals surface area contributed by atoms with Crippen LogP contribution in [0.25, 0.3) is 0 Å². The predicted octanol–water partition coefficient (Wildman–Crippen LogP) is 2.36. The molecule has 2 aliphatic rings. The van der Waals surface area contributed by atoms with Gasteiger partial charge in [0.25, 0.3) is 5.91 Å². The molecule has 5 heteroatoms. The highest BCUT2D eigenvalue weighted by Crippen LogP contribution is 2.39. The van der Waals surface area contributed by atoms with Crippen LogP contribution in [0.4, 0.5) is 8.78 Å². The highest BCUT2D eigenvalue weighted by atomic mass is 19.1. The van der Waals surface area contributed by atoms with Gasteiger partial charge in [-0.05, 0) is 51.4 Å². The van der Waals surface area contributed by atoms with E-state index in [4.69, 9.17) is 0 Å². The van der Waals surface area contributed by atoms with Crippen molar-refractivity contribution < 1.29 is 13.6 Å². The Morgan fingerprint density at radius 2 is 2.14 bits per heavy atom. The van der Waals surface area contributed by atoms with Crippen molar-refractivity contribution >= 4 is 5.91 Å². The molecular formula is C16H20F2N2O. The van der Waals surface area contributed by atoms with Gasteiger partial charge in [0, 0.05) is 12.1 Å². The van der Waals surface area contributed by atoms with Crippen LogP contribution in [0, 0.1) is 5.82 Å². The summed E-state index contributed by atoms with van der Waals surface area (Å²) < 4.78 is 28.0. The second-order valence-corrected chi connectivity index (χ2v) is 6.38. The number of hydrogen-bond donors (Lipinski definition) is 1. The number of nitrogens with one attached hydrogen (secondary N) is 1. The first kappa shape index (κ1) is 14.4. The third-order valence-corrected chi connectivity index (χ3v) is 4.50. The molecule has 1 saturated carbocycles. The molecule has 0 radical (unpaired) electrons. The van der Waals surface area contributed by atoms with Crippen molar-refractivity contribution in [1.82, 2.24) is 10.2 Å². The Kier molecular flexibility index (Phi) is 3.48. The molecule has 3 nitrogen and oxygen atoms in total. The topological polar surface area (TPSA) is 32.3 Å². The van der Waals surface area contributed by atoms with Gasteiger partial charge < -0.3 is 10.2 Å². The van der Waals surface area contributed by atoms with Gasteiger partial charge in [0.2, 0.25) is 5.67 Å². The Bertz CT molecular complexity index is 551. The molecule has 114 valence electrons. The van der Waals surface area contributed by atoms with Crippen molar-refractivity contribution in [3.8, 4) is 0 Å². The highest BCUT2D eigenvalue weighted by Gasteiger charge is 2.49. The molecule has 1 N–H and O–H groups in total. The molecular weight excluding hydrogens is 274 g/mol. The molecule has 2 fully saturated rings. The number of nitrogens with zero attached hydrogens (tertiary/aromatic N) is 1. The Morgan fingerprint density at radius 3 is 2.67 bits per heavy atom. The van der Waals surface area contributed by atoms with Crippen LogP contribution in [0.2, 0.25) is 0 Å². The second-order valence-electron chi connectivity index (χ2n) is 6.38. The first-order valence-electron chi connectivity index (χ1n) is 7.41. The van der Waals surface area contributed by atoms with Gasteiger partial charge in [0.1, 0.15) is 5.82 Å². The summed E-state index contributed by atoms with van der Waals surface area (Å²) in [5, 5.41) is 2.85. The van der Waals surface area contributed by atoms with Gasteiger partial charge in [-0.25, -0.2) is 8.78 Å². The van der Waals surface area contributed by atoms with E-state index in [1.165, 1.54) is 31.5 Å². The number of likely N-dealkylation sites (tertiary alicyclic amines) is 1. The average molecular weight is 294 g/mol. The molecule has 0 bridgehead atoms. The van der Waals surface area contributed by atoms with Gasteiger partial charge >= 0.3 is 0 Å². The summed E-state index contributed by atoms with van der Waals surface area (Å²) in [6.07, 6.45) is 2.96. The minimum absolute atomic E-state index is 0.0553. The lowest BCUT2D eigenvalue weighted by atomic mass is 9.96. The molecule has 3 rings (SSSR count). The van der Waals surface area contributed by atoms with E-state index in [1.807, 2.05) is 0 Å². The van der Waals surface area contributed by atoms with Crippen LogP contribution in [0.15, 0.2) is 24.3 Å². The van der Waals surface area contributed by atoms with Crippen molar-refractivity contribution in [3.05, 3.63) is 35.6 Å². The quantitative estimate of drug-likeness (QED) is 0.904. The zero-order valence-corrected chi connectivity index (χ0v) is 12.2. The lowest BCUT2D eigenvalue weighted by molar-refractivity contribution is -0.133. The van der Waals surface area contributed by atoms with Crippen molar-refractivity contribution in [3.63, 3.8) is 0 Å². The van der Waals surface area contributed by atoms with E-state index < -0.39 is 17.4 Å². The van der Waals surface area contributed by atoms with Gasteiger partial charge in [-0.2, -0.15) is 0 Å². The summed E-state index contributed by atoms with van der Waals surface area (Å²) in [4.78, 5) is 14.6. The van der Waals surface area contributed by atoms with Crippen LogP contribution >= 0.6 is 0 Å². The van der Waals surface area contributed by atoms with Crippen LogP contribution in [0.5, 0.6) is 0 Å². The third kappa shape index (κ3) is 2.93. The Morgan fingerprint density at radius 1 is 1.43 bits per heavy atom. The predicted molar refractivity (Wildman–Crippen MR) is 76.0 cm³/mol. The molecule has 1 saturated heterocycles. The molecule has 1 aliphatic heterocycles. The Balaban J connectivity index is 1.69. The first-order chi connectivity index (χ1) is 9.91. The van der Waals surface area contributed by atoms with Gasteiger partial charge in [-0.15, -0.1) is 0 Å². The summed E-state index contributed by atoms with van der Waals surface area (Å²) in [5.74, 6) is -1.21. The van der Waals surface area contributed by atoms with E-state index in [0.717, 1.165) is 38.5 Å². The zero-order valence-electron chi connectivity index (χ0n) is 12.2. The van der Waals surface area contributed by atoms with Crippen LogP contribution in [0.1, 0.15) is 31.7 Å². The van der Waals surface area contributed by atoms with Gasteiger partial charge in [0.15, 0.2) is 0 Å². The maximum absolute atomic E-state index is 14.8. The number of benzene rings is 1. The smallest absolute Gasteiger partial charge is 0.262 e. The number of amides is 1. The summed E-state index contributed by atoms with van der Waals surface area (Å²) >= 11 is 0. The molecule has 1 aromatic rings. The monoisotopic (exact) mass is 294 g/mol. The zero-order chi connectivity index (χ0) is 15.1. The number of halogens is 2. The maximum Gasteiger partial charge on any atom is 0.262 e. The Hall–Kier alpha value is -1.49. The van der Waals surface area contributed by atoms with Gasteiger partial charge in [0.05, 0.1) is 5.54 Å². The number of carbonyl (C=O) groups is 1. The first-order valence-corrected chi connectivity index (χ1v) is 7.41.